The second-order valence-corrected chi connectivity index (χ2v) is 6.95. The molecule has 0 bridgehead atoms. The Labute approximate surface area is 164 Å². The first kappa shape index (κ1) is 19.4. The van der Waals surface area contributed by atoms with Gasteiger partial charge in [0.15, 0.2) is 0 Å². The number of anilines is 2. The van der Waals surface area contributed by atoms with E-state index in [1.165, 1.54) is 18.3 Å². The van der Waals surface area contributed by atoms with Crippen molar-refractivity contribution in [2.24, 2.45) is 0 Å². The molecular weight excluding hydrogens is 355 g/mol. The maximum atomic E-state index is 13.1. The molecule has 0 spiro atoms. The van der Waals surface area contributed by atoms with Crippen LogP contribution >= 0.6 is 0 Å². The molecular formula is C22H23FN4O. The molecule has 1 heterocycles. The average Bonchev–Trinajstić information content (AvgIpc) is 2.68. The summed E-state index contributed by atoms with van der Waals surface area (Å²) >= 11 is 0. The summed E-state index contributed by atoms with van der Waals surface area (Å²) in [7, 11) is 0. The van der Waals surface area contributed by atoms with Crippen molar-refractivity contribution in [3.8, 4) is 6.07 Å². The van der Waals surface area contributed by atoms with Crippen LogP contribution in [0.4, 0.5) is 15.8 Å². The Morgan fingerprint density at radius 3 is 2.25 bits per heavy atom. The number of carbonyl (C=O) groups excluding carboxylic acids is 1. The number of hydrogen-bond acceptors (Lipinski definition) is 4. The fraction of sp³-hybridized carbons (Fsp3) is 0.273. The van der Waals surface area contributed by atoms with Crippen molar-refractivity contribution in [1.82, 2.24) is 4.90 Å². The molecule has 0 saturated carbocycles. The molecule has 1 saturated heterocycles. The molecule has 1 aliphatic rings. The molecule has 1 fully saturated rings. The number of piperazine rings is 1. The number of carbonyl (C=O) groups is 1. The van der Waals surface area contributed by atoms with Crippen molar-refractivity contribution in [2.45, 2.75) is 13.8 Å². The van der Waals surface area contributed by atoms with Crippen LogP contribution in [0, 0.1) is 31.0 Å². The number of nitrogens with zero attached hydrogens (tertiary/aromatic N) is 3. The molecule has 0 unspecified atom stereocenters. The molecule has 0 aromatic heterocycles. The summed E-state index contributed by atoms with van der Waals surface area (Å²) in [6.45, 7) is 6.30. The summed E-state index contributed by atoms with van der Waals surface area (Å²) < 4.78 is 13.1. The van der Waals surface area contributed by atoms with Crippen LogP contribution in [0.1, 0.15) is 11.1 Å². The van der Waals surface area contributed by atoms with E-state index < -0.39 is 0 Å². The van der Waals surface area contributed by atoms with E-state index in [2.05, 4.69) is 16.3 Å². The summed E-state index contributed by atoms with van der Waals surface area (Å²) in [6, 6.07) is 14.3. The topological polar surface area (TPSA) is 59.4 Å². The van der Waals surface area contributed by atoms with Crippen LogP contribution in [-0.2, 0) is 4.79 Å². The summed E-state index contributed by atoms with van der Waals surface area (Å²) in [5, 5.41) is 12.5. The third-order valence-electron chi connectivity index (χ3n) is 4.71. The highest BCUT2D eigenvalue weighted by atomic mass is 19.1. The molecule has 1 aliphatic heterocycles. The van der Waals surface area contributed by atoms with Crippen molar-refractivity contribution in [2.75, 3.05) is 36.4 Å². The van der Waals surface area contributed by atoms with Crippen LogP contribution < -0.4 is 10.2 Å². The molecule has 5 nitrogen and oxygen atoms in total. The first-order chi connectivity index (χ1) is 13.5. The summed E-state index contributed by atoms with van der Waals surface area (Å²) in [4.78, 5) is 16.5. The number of rotatable bonds is 4. The first-order valence-corrected chi connectivity index (χ1v) is 9.21. The maximum Gasteiger partial charge on any atom is 0.266 e. The van der Waals surface area contributed by atoms with Crippen molar-refractivity contribution in [1.29, 1.82) is 5.26 Å². The quantitative estimate of drug-likeness (QED) is 0.652. The van der Waals surface area contributed by atoms with Crippen LogP contribution in [0.5, 0.6) is 0 Å². The van der Waals surface area contributed by atoms with Crippen molar-refractivity contribution in [3.63, 3.8) is 0 Å². The van der Waals surface area contributed by atoms with Crippen LogP contribution in [0.3, 0.4) is 0 Å². The van der Waals surface area contributed by atoms with Gasteiger partial charge in [0.25, 0.3) is 5.91 Å². The number of amides is 1. The predicted octanol–water partition coefficient (Wildman–Crippen LogP) is 3.61. The van der Waals surface area contributed by atoms with Crippen molar-refractivity contribution < 1.29 is 9.18 Å². The van der Waals surface area contributed by atoms with E-state index in [1.807, 2.05) is 32.0 Å². The Kier molecular flexibility index (Phi) is 5.95. The lowest BCUT2D eigenvalue weighted by Gasteiger charge is -2.36. The summed E-state index contributed by atoms with van der Waals surface area (Å²) in [6.07, 6.45) is 1.48. The van der Waals surface area contributed by atoms with Crippen LogP contribution in [-0.4, -0.2) is 37.0 Å². The van der Waals surface area contributed by atoms with Gasteiger partial charge in [0.1, 0.15) is 17.5 Å². The van der Waals surface area contributed by atoms with Crippen LogP contribution in [0.2, 0.25) is 0 Å². The molecule has 3 rings (SSSR count). The fourth-order valence-electron chi connectivity index (χ4n) is 3.35. The van der Waals surface area contributed by atoms with Gasteiger partial charge in [-0.2, -0.15) is 5.26 Å². The zero-order valence-electron chi connectivity index (χ0n) is 16.1. The van der Waals surface area contributed by atoms with E-state index in [-0.39, 0.29) is 17.3 Å². The largest absolute Gasteiger partial charge is 0.368 e. The van der Waals surface area contributed by atoms with Crippen LogP contribution in [0.15, 0.2) is 54.2 Å². The van der Waals surface area contributed by atoms with Crippen LogP contribution in [0.25, 0.3) is 0 Å². The molecule has 1 amide bonds. The minimum atomic E-state index is -0.280. The molecule has 28 heavy (non-hydrogen) atoms. The molecule has 0 atom stereocenters. The Bertz CT molecular complexity index is 902. The lowest BCUT2D eigenvalue weighted by molar-refractivity contribution is -0.127. The number of hydrogen-bond donors (Lipinski definition) is 1. The average molecular weight is 378 g/mol. The lowest BCUT2D eigenvalue weighted by Crippen LogP contribution is -2.49. The van der Waals surface area contributed by atoms with Gasteiger partial charge in [-0.3, -0.25) is 4.79 Å². The van der Waals surface area contributed by atoms with Gasteiger partial charge in [0, 0.05) is 43.8 Å². The van der Waals surface area contributed by atoms with Gasteiger partial charge in [-0.1, -0.05) is 6.07 Å². The van der Waals surface area contributed by atoms with Crippen molar-refractivity contribution in [3.05, 3.63) is 71.2 Å². The number of halogens is 1. The minimum absolute atomic E-state index is 0.0781. The monoisotopic (exact) mass is 378 g/mol. The van der Waals surface area contributed by atoms with Gasteiger partial charge in [0.05, 0.1) is 0 Å². The summed E-state index contributed by atoms with van der Waals surface area (Å²) in [5.41, 5.74) is 4.07. The normalized spacial score (nSPS) is 14.6. The highest BCUT2D eigenvalue weighted by molar-refractivity contribution is 5.97. The Morgan fingerprint density at radius 2 is 1.68 bits per heavy atom. The van der Waals surface area contributed by atoms with E-state index in [9.17, 15) is 14.4 Å². The zero-order valence-corrected chi connectivity index (χ0v) is 16.1. The summed E-state index contributed by atoms with van der Waals surface area (Å²) in [5.74, 6) is -0.546. The number of nitrogens with one attached hydrogen (secondary N) is 1. The molecule has 0 aliphatic carbocycles. The highest BCUT2D eigenvalue weighted by Gasteiger charge is 2.23. The van der Waals surface area contributed by atoms with E-state index >= 15 is 0 Å². The van der Waals surface area contributed by atoms with Gasteiger partial charge >= 0.3 is 0 Å². The van der Waals surface area contributed by atoms with Gasteiger partial charge in [-0.25, -0.2) is 4.39 Å². The Morgan fingerprint density at radius 1 is 1.07 bits per heavy atom. The Balaban J connectivity index is 1.62. The predicted molar refractivity (Wildman–Crippen MR) is 108 cm³/mol. The second kappa shape index (κ2) is 8.57. The van der Waals surface area contributed by atoms with Crippen molar-refractivity contribution >= 4 is 17.3 Å². The molecule has 2 aromatic carbocycles. The van der Waals surface area contributed by atoms with E-state index in [1.54, 1.807) is 17.0 Å². The number of benzene rings is 2. The molecule has 2 aromatic rings. The Hall–Kier alpha value is -3.33. The highest BCUT2D eigenvalue weighted by Crippen LogP contribution is 2.18. The van der Waals surface area contributed by atoms with Gasteiger partial charge < -0.3 is 15.1 Å². The third kappa shape index (κ3) is 4.68. The second-order valence-electron chi connectivity index (χ2n) is 6.95. The lowest BCUT2D eigenvalue weighted by atomic mass is 10.1. The smallest absolute Gasteiger partial charge is 0.266 e. The third-order valence-corrected chi connectivity index (χ3v) is 4.71. The van der Waals surface area contributed by atoms with Gasteiger partial charge in [-0.15, -0.1) is 0 Å². The molecule has 0 radical (unpaired) electrons. The van der Waals surface area contributed by atoms with E-state index in [0.29, 0.717) is 26.2 Å². The SMILES string of the molecule is Cc1cc(C)cc(N/C=C(/C#N)C(=O)N2CCN(c3ccc(F)cc3)CC2)c1. The fourth-order valence-corrected chi connectivity index (χ4v) is 3.35. The van der Waals surface area contributed by atoms with E-state index in [4.69, 9.17) is 0 Å². The standard InChI is InChI=1S/C22H23FN4O/c1-16-11-17(2)13-20(12-16)25-15-18(14-24)22(28)27-9-7-26(8-10-27)21-5-3-19(23)4-6-21/h3-6,11-13,15,25H,7-10H2,1-2H3/b18-15-. The zero-order chi connectivity index (χ0) is 20.1. The molecule has 144 valence electrons. The number of nitriles is 1. The first-order valence-electron chi connectivity index (χ1n) is 9.21. The minimum Gasteiger partial charge on any atom is -0.368 e. The van der Waals surface area contributed by atoms with E-state index in [0.717, 1.165) is 22.5 Å². The molecule has 1 N–H and O–H groups in total. The van der Waals surface area contributed by atoms with Gasteiger partial charge in [0.2, 0.25) is 0 Å². The molecule has 6 heteroatoms. The maximum absolute atomic E-state index is 13.1. The number of aryl methyl sites for hydroxylation is 2. The van der Waals surface area contributed by atoms with Gasteiger partial charge in [-0.05, 0) is 61.4 Å².